The summed E-state index contributed by atoms with van der Waals surface area (Å²) in [6.07, 6.45) is -0.441. The smallest absolute Gasteiger partial charge is 0.307 e. The standard InChI is InChI=1S/C19H19FN2O3S2/c1-10-12(3)27-19-16(10)18(24)21-17(22-19)11(2)25-15(23)8-9-26-14-6-4-13(20)5-7-14/h4-7,11H,8-9H2,1-3H3,(H,21,22,24)/t11-/m1/s1. The Labute approximate surface area is 164 Å². The zero-order valence-corrected chi connectivity index (χ0v) is 16.8. The maximum absolute atomic E-state index is 12.9. The summed E-state index contributed by atoms with van der Waals surface area (Å²) < 4.78 is 18.3. The minimum Gasteiger partial charge on any atom is -0.454 e. The highest BCUT2D eigenvalue weighted by molar-refractivity contribution is 7.99. The van der Waals surface area contributed by atoms with E-state index < -0.39 is 6.10 Å². The number of nitrogens with one attached hydrogen (secondary N) is 1. The van der Waals surface area contributed by atoms with Crippen molar-refractivity contribution < 1.29 is 13.9 Å². The van der Waals surface area contributed by atoms with Crippen molar-refractivity contribution >= 4 is 39.3 Å². The number of hydrogen-bond donors (Lipinski definition) is 1. The third-order valence-electron chi connectivity index (χ3n) is 4.14. The molecule has 0 radical (unpaired) electrons. The second-order valence-electron chi connectivity index (χ2n) is 6.10. The molecule has 0 unspecified atom stereocenters. The van der Waals surface area contributed by atoms with Crippen LogP contribution >= 0.6 is 23.1 Å². The first-order valence-electron chi connectivity index (χ1n) is 8.43. The Kier molecular flexibility index (Phi) is 5.96. The number of esters is 1. The van der Waals surface area contributed by atoms with Crippen molar-refractivity contribution in [3.05, 3.63) is 56.7 Å². The number of halogens is 1. The van der Waals surface area contributed by atoms with E-state index in [1.807, 2.05) is 13.8 Å². The molecule has 8 heteroatoms. The lowest BCUT2D eigenvalue weighted by Gasteiger charge is -2.12. The number of nitrogens with zero attached hydrogens (tertiary/aromatic N) is 1. The van der Waals surface area contributed by atoms with Gasteiger partial charge in [-0.3, -0.25) is 9.59 Å². The van der Waals surface area contributed by atoms with Gasteiger partial charge in [0.2, 0.25) is 0 Å². The lowest BCUT2D eigenvalue weighted by molar-refractivity contribution is -0.148. The molecule has 0 aliphatic carbocycles. The number of aromatic nitrogens is 2. The summed E-state index contributed by atoms with van der Waals surface area (Å²) in [6.45, 7) is 5.53. The number of rotatable bonds is 6. The van der Waals surface area contributed by atoms with Gasteiger partial charge in [0.1, 0.15) is 10.6 Å². The molecule has 0 spiro atoms. The second kappa shape index (κ2) is 8.22. The molecule has 0 bridgehead atoms. The first-order valence-corrected chi connectivity index (χ1v) is 10.2. The molecule has 1 aromatic carbocycles. The van der Waals surface area contributed by atoms with Crippen LogP contribution in [0.25, 0.3) is 10.2 Å². The minimum atomic E-state index is -0.645. The summed E-state index contributed by atoms with van der Waals surface area (Å²) in [4.78, 5) is 34.1. The van der Waals surface area contributed by atoms with E-state index in [1.165, 1.54) is 35.2 Å². The van der Waals surface area contributed by atoms with E-state index >= 15 is 0 Å². The first-order chi connectivity index (χ1) is 12.8. The van der Waals surface area contributed by atoms with Gasteiger partial charge in [-0.25, -0.2) is 9.37 Å². The molecule has 1 N–H and O–H groups in total. The number of carbonyl (C=O) groups excluding carboxylic acids is 1. The molecule has 5 nitrogen and oxygen atoms in total. The van der Waals surface area contributed by atoms with Crippen molar-refractivity contribution in [3.8, 4) is 0 Å². The Balaban J connectivity index is 1.60. The third kappa shape index (κ3) is 4.56. The number of ether oxygens (including phenoxy) is 1. The van der Waals surface area contributed by atoms with Crippen LogP contribution in [0.2, 0.25) is 0 Å². The van der Waals surface area contributed by atoms with E-state index in [9.17, 15) is 14.0 Å². The molecule has 3 aromatic rings. The quantitative estimate of drug-likeness (QED) is 0.481. The van der Waals surface area contributed by atoms with Crippen LogP contribution in [-0.2, 0) is 9.53 Å². The predicted octanol–water partition coefficient (Wildman–Crippen LogP) is 4.53. The van der Waals surface area contributed by atoms with E-state index in [0.29, 0.717) is 21.8 Å². The SMILES string of the molecule is Cc1sc2nc([C@@H](C)OC(=O)CCSc3ccc(F)cc3)[nH]c(=O)c2c1C. The summed E-state index contributed by atoms with van der Waals surface area (Å²) >= 11 is 2.90. The van der Waals surface area contributed by atoms with Gasteiger partial charge in [0, 0.05) is 15.5 Å². The number of thioether (sulfide) groups is 1. The van der Waals surface area contributed by atoms with Crippen molar-refractivity contribution in [3.63, 3.8) is 0 Å². The third-order valence-corrected chi connectivity index (χ3v) is 6.25. The average Bonchev–Trinajstić information content (AvgIpc) is 2.91. The van der Waals surface area contributed by atoms with Crippen LogP contribution in [0.3, 0.4) is 0 Å². The van der Waals surface area contributed by atoms with E-state index in [2.05, 4.69) is 9.97 Å². The number of aryl methyl sites for hydroxylation is 2. The Morgan fingerprint density at radius 2 is 2.04 bits per heavy atom. The van der Waals surface area contributed by atoms with Gasteiger partial charge in [0.25, 0.3) is 5.56 Å². The topological polar surface area (TPSA) is 72.0 Å². The molecule has 142 valence electrons. The predicted molar refractivity (Wildman–Crippen MR) is 106 cm³/mol. The Bertz CT molecular complexity index is 1030. The van der Waals surface area contributed by atoms with Gasteiger partial charge in [0.15, 0.2) is 11.9 Å². The molecule has 27 heavy (non-hydrogen) atoms. The molecule has 0 saturated carbocycles. The fourth-order valence-corrected chi connectivity index (χ4v) is 4.43. The van der Waals surface area contributed by atoms with Gasteiger partial charge in [-0.15, -0.1) is 23.1 Å². The minimum absolute atomic E-state index is 0.204. The van der Waals surface area contributed by atoms with Crippen molar-refractivity contribution in [1.82, 2.24) is 9.97 Å². The van der Waals surface area contributed by atoms with E-state index in [0.717, 1.165) is 15.3 Å². The molecule has 1 atom stereocenters. The number of aromatic amines is 1. The molecule has 0 fully saturated rings. The molecule has 0 amide bonds. The number of thiophene rings is 1. The summed E-state index contributed by atoms with van der Waals surface area (Å²) in [5, 5.41) is 0.593. The lowest BCUT2D eigenvalue weighted by atomic mass is 10.2. The van der Waals surface area contributed by atoms with Crippen molar-refractivity contribution in [2.45, 2.75) is 38.2 Å². The monoisotopic (exact) mass is 406 g/mol. The van der Waals surface area contributed by atoms with Crippen molar-refractivity contribution in [1.29, 1.82) is 0 Å². The first kappa shape index (κ1) is 19.6. The van der Waals surface area contributed by atoms with Crippen LogP contribution in [0.1, 0.15) is 35.7 Å². The summed E-state index contributed by atoms with van der Waals surface area (Å²) in [5.41, 5.74) is 0.712. The molecule has 0 aliphatic rings. The molecular weight excluding hydrogens is 387 g/mol. The number of hydrogen-bond acceptors (Lipinski definition) is 6. The van der Waals surface area contributed by atoms with E-state index in [1.54, 1.807) is 19.1 Å². The van der Waals surface area contributed by atoms with Crippen molar-refractivity contribution in [2.75, 3.05) is 5.75 Å². The Morgan fingerprint density at radius 1 is 1.33 bits per heavy atom. The highest BCUT2D eigenvalue weighted by atomic mass is 32.2. The molecule has 2 aromatic heterocycles. The van der Waals surface area contributed by atoms with Crippen LogP contribution < -0.4 is 5.56 Å². The highest BCUT2D eigenvalue weighted by Crippen LogP contribution is 2.27. The number of benzene rings is 1. The maximum Gasteiger partial charge on any atom is 0.307 e. The van der Waals surface area contributed by atoms with Crippen LogP contribution in [0.4, 0.5) is 4.39 Å². The average molecular weight is 407 g/mol. The lowest BCUT2D eigenvalue weighted by Crippen LogP contribution is -2.17. The van der Waals surface area contributed by atoms with Gasteiger partial charge >= 0.3 is 5.97 Å². The van der Waals surface area contributed by atoms with Gasteiger partial charge in [-0.05, 0) is 50.6 Å². The van der Waals surface area contributed by atoms with Gasteiger partial charge in [0.05, 0.1) is 11.8 Å². The summed E-state index contributed by atoms with van der Waals surface area (Å²) in [5.74, 6) is 0.192. The molecule has 0 saturated heterocycles. The Morgan fingerprint density at radius 3 is 2.74 bits per heavy atom. The van der Waals surface area contributed by atoms with Crippen molar-refractivity contribution in [2.24, 2.45) is 0 Å². The molecule has 3 rings (SSSR count). The highest BCUT2D eigenvalue weighted by Gasteiger charge is 2.18. The zero-order chi connectivity index (χ0) is 19.6. The number of fused-ring (bicyclic) bond motifs is 1. The van der Waals surface area contributed by atoms with Gasteiger partial charge in [-0.1, -0.05) is 0 Å². The summed E-state index contributed by atoms with van der Waals surface area (Å²) in [6, 6.07) is 6.11. The van der Waals surface area contributed by atoms with Crippen LogP contribution in [-0.4, -0.2) is 21.7 Å². The fourth-order valence-electron chi connectivity index (χ4n) is 2.56. The number of carbonyl (C=O) groups is 1. The Hall–Kier alpha value is -2.19. The van der Waals surface area contributed by atoms with E-state index in [4.69, 9.17) is 4.74 Å². The largest absolute Gasteiger partial charge is 0.454 e. The van der Waals surface area contributed by atoms with E-state index in [-0.39, 0.29) is 23.8 Å². The molecule has 2 heterocycles. The summed E-state index contributed by atoms with van der Waals surface area (Å²) in [7, 11) is 0. The molecule has 0 aliphatic heterocycles. The zero-order valence-electron chi connectivity index (χ0n) is 15.2. The van der Waals surface area contributed by atoms with Crippen LogP contribution in [0.5, 0.6) is 0 Å². The van der Waals surface area contributed by atoms with Gasteiger partial charge < -0.3 is 9.72 Å². The normalized spacial score (nSPS) is 12.3. The van der Waals surface area contributed by atoms with Crippen LogP contribution in [0, 0.1) is 19.7 Å². The second-order valence-corrected chi connectivity index (χ2v) is 8.47. The maximum atomic E-state index is 12.9. The molecular formula is C19H19FN2O3S2. The van der Waals surface area contributed by atoms with Crippen LogP contribution in [0.15, 0.2) is 34.0 Å². The number of H-pyrrole nitrogens is 1. The fraction of sp³-hybridized carbons (Fsp3) is 0.316. The van der Waals surface area contributed by atoms with Gasteiger partial charge in [-0.2, -0.15) is 0 Å².